The van der Waals surface area contributed by atoms with Crippen LogP contribution in [0.25, 0.3) is 0 Å². The molecule has 0 heterocycles. The smallest absolute Gasteiger partial charge is 0.377 e. The standard InChI is InChI=1S/C28H59N2O6P/c1-7-8-9-10-11-12-13-14-15-16-17-18-19-20-21-22-28(31)29(2)25-27(34-6)26-36-37(32,33)35-24-23-30(3,4)5/h27H,7-26H2,1-6H3/p+1. The van der Waals surface area contributed by atoms with E-state index in [-0.39, 0.29) is 19.1 Å². The minimum Gasteiger partial charge on any atom is -0.377 e. The lowest BCUT2D eigenvalue weighted by Crippen LogP contribution is -2.38. The summed E-state index contributed by atoms with van der Waals surface area (Å²) < 4.78 is 28.2. The van der Waals surface area contributed by atoms with E-state index in [1.165, 1.54) is 90.6 Å². The average Bonchev–Trinajstić information content (AvgIpc) is 2.82. The molecule has 0 aromatic heterocycles. The molecule has 37 heavy (non-hydrogen) atoms. The molecule has 222 valence electrons. The number of carbonyl (C=O) groups excluding carboxylic acids is 1. The molecule has 0 saturated heterocycles. The van der Waals surface area contributed by atoms with Crippen LogP contribution in [0.4, 0.5) is 0 Å². The lowest BCUT2D eigenvalue weighted by Gasteiger charge is -2.25. The Labute approximate surface area is 228 Å². The molecule has 0 bridgehead atoms. The Hall–Kier alpha value is -0.500. The first-order valence-corrected chi connectivity index (χ1v) is 16.2. The van der Waals surface area contributed by atoms with Gasteiger partial charge in [-0.05, 0) is 6.42 Å². The third kappa shape index (κ3) is 24.3. The number of amides is 1. The second-order valence-electron chi connectivity index (χ2n) is 11.4. The average molecular weight is 552 g/mol. The fourth-order valence-corrected chi connectivity index (χ4v) is 4.83. The monoisotopic (exact) mass is 551 g/mol. The van der Waals surface area contributed by atoms with Gasteiger partial charge in [-0.3, -0.25) is 13.8 Å². The normalized spacial score (nSPS) is 14.5. The van der Waals surface area contributed by atoms with E-state index in [1.54, 1.807) is 11.9 Å². The summed E-state index contributed by atoms with van der Waals surface area (Å²) in [6, 6.07) is 0. The molecule has 0 rings (SSSR count). The van der Waals surface area contributed by atoms with Gasteiger partial charge in [-0.2, -0.15) is 0 Å². The summed E-state index contributed by atoms with van der Waals surface area (Å²) in [6.45, 7) is 3.14. The molecule has 1 N–H and O–H groups in total. The zero-order valence-electron chi connectivity index (χ0n) is 25.0. The summed E-state index contributed by atoms with van der Waals surface area (Å²) in [6.07, 6.45) is 19.5. The van der Waals surface area contributed by atoms with Crippen molar-refractivity contribution in [1.29, 1.82) is 0 Å². The number of likely N-dealkylation sites (N-methyl/N-ethyl adjacent to an activating group) is 2. The van der Waals surface area contributed by atoms with Crippen LogP contribution in [0, 0.1) is 0 Å². The number of phosphoric acid groups is 1. The fourth-order valence-electron chi connectivity index (χ4n) is 4.09. The van der Waals surface area contributed by atoms with Gasteiger partial charge in [0.1, 0.15) is 13.2 Å². The van der Waals surface area contributed by atoms with Crippen molar-refractivity contribution < 1.29 is 32.5 Å². The first-order chi connectivity index (χ1) is 17.5. The molecule has 0 fully saturated rings. The Morgan fingerprint density at radius 3 is 1.73 bits per heavy atom. The van der Waals surface area contributed by atoms with Crippen LogP contribution >= 0.6 is 7.82 Å². The maximum absolute atomic E-state index is 12.5. The predicted molar refractivity (Wildman–Crippen MR) is 153 cm³/mol. The number of ether oxygens (including phenoxy) is 1. The summed E-state index contributed by atoms with van der Waals surface area (Å²) in [7, 11) is 5.00. The van der Waals surface area contributed by atoms with E-state index in [4.69, 9.17) is 13.8 Å². The lowest BCUT2D eigenvalue weighted by molar-refractivity contribution is -0.870. The van der Waals surface area contributed by atoms with Gasteiger partial charge in [-0.25, -0.2) is 4.57 Å². The van der Waals surface area contributed by atoms with Gasteiger partial charge in [-0.1, -0.05) is 96.8 Å². The van der Waals surface area contributed by atoms with E-state index in [0.29, 0.717) is 24.0 Å². The maximum Gasteiger partial charge on any atom is 0.472 e. The van der Waals surface area contributed by atoms with E-state index in [2.05, 4.69) is 6.92 Å². The molecule has 9 heteroatoms. The first-order valence-electron chi connectivity index (χ1n) is 14.7. The molecule has 0 aliphatic carbocycles. The Bertz CT molecular complexity index is 600. The summed E-state index contributed by atoms with van der Waals surface area (Å²) in [5.41, 5.74) is 0. The van der Waals surface area contributed by atoms with Gasteiger partial charge < -0.3 is 19.0 Å². The van der Waals surface area contributed by atoms with Crippen molar-refractivity contribution >= 4 is 13.7 Å². The van der Waals surface area contributed by atoms with Crippen molar-refractivity contribution in [3.05, 3.63) is 0 Å². The molecule has 0 aromatic rings. The quantitative estimate of drug-likeness (QED) is 0.0744. The molecular weight excluding hydrogens is 491 g/mol. The van der Waals surface area contributed by atoms with Gasteiger partial charge in [-0.15, -0.1) is 0 Å². The number of hydrogen-bond acceptors (Lipinski definition) is 5. The van der Waals surface area contributed by atoms with Crippen molar-refractivity contribution in [3.8, 4) is 0 Å². The van der Waals surface area contributed by atoms with Gasteiger partial charge >= 0.3 is 7.82 Å². The van der Waals surface area contributed by atoms with Crippen molar-refractivity contribution in [2.24, 2.45) is 0 Å². The minimum atomic E-state index is -4.15. The second-order valence-corrected chi connectivity index (χ2v) is 12.9. The number of nitrogens with zero attached hydrogens (tertiary/aromatic N) is 2. The number of phosphoric ester groups is 1. The van der Waals surface area contributed by atoms with E-state index in [0.717, 1.165) is 12.8 Å². The van der Waals surface area contributed by atoms with Crippen LogP contribution in [-0.2, 0) is 23.1 Å². The summed E-state index contributed by atoms with van der Waals surface area (Å²) >= 11 is 0. The van der Waals surface area contributed by atoms with Crippen LogP contribution in [0.1, 0.15) is 110 Å². The zero-order chi connectivity index (χ0) is 28.0. The van der Waals surface area contributed by atoms with Gasteiger partial charge in [0.15, 0.2) is 0 Å². The molecule has 0 aliphatic rings. The summed E-state index contributed by atoms with van der Waals surface area (Å²) in [5.74, 6) is 0.0584. The topological polar surface area (TPSA) is 85.3 Å². The van der Waals surface area contributed by atoms with E-state index in [9.17, 15) is 14.3 Å². The van der Waals surface area contributed by atoms with Crippen molar-refractivity contribution in [2.45, 2.75) is 116 Å². The second kappa shape index (κ2) is 22.3. The number of carbonyl (C=O) groups is 1. The number of rotatable bonds is 26. The molecule has 0 aromatic carbocycles. The van der Waals surface area contributed by atoms with Crippen LogP contribution in [0.2, 0.25) is 0 Å². The minimum absolute atomic E-state index is 0.0584. The highest BCUT2D eigenvalue weighted by Gasteiger charge is 2.25. The maximum atomic E-state index is 12.5. The number of quaternary nitrogens is 1. The van der Waals surface area contributed by atoms with Crippen molar-refractivity contribution in [1.82, 2.24) is 4.90 Å². The van der Waals surface area contributed by atoms with Crippen LogP contribution in [0.5, 0.6) is 0 Å². The van der Waals surface area contributed by atoms with Crippen molar-refractivity contribution in [2.75, 3.05) is 61.6 Å². The fraction of sp³-hybridized carbons (Fsp3) is 0.964. The Morgan fingerprint density at radius 1 is 0.838 bits per heavy atom. The molecule has 0 radical (unpaired) electrons. The van der Waals surface area contributed by atoms with E-state index in [1.807, 2.05) is 21.1 Å². The van der Waals surface area contributed by atoms with Crippen LogP contribution < -0.4 is 0 Å². The molecule has 1 amide bonds. The zero-order valence-corrected chi connectivity index (χ0v) is 25.9. The first kappa shape index (κ1) is 36.5. The molecular formula is C28H60N2O6P+. The van der Waals surface area contributed by atoms with E-state index < -0.39 is 13.9 Å². The molecule has 2 unspecified atom stereocenters. The summed E-state index contributed by atoms with van der Waals surface area (Å²) in [4.78, 5) is 23.9. The number of hydrogen-bond donors (Lipinski definition) is 1. The highest BCUT2D eigenvalue weighted by Crippen LogP contribution is 2.43. The van der Waals surface area contributed by atoms with Gasteiger partial charge in [0.05, 0.1) is 33.9 Å². The van der Waals surface area contributed by atoms with Gasteiger partial charge in [0, 0.05) is 27.1 Å². The highest BCUT2D eigenvalue weighted by molar-refractivity contribution is 7.47. The summed E-state index contributed by atoms with van der Waals surface area (Å²) in [5, 5.41) is 0. The van der Waals surface area contributed by atoms with Gasteiger partial charge in [0.25, 0.3) is 0 Å². The van der Waals surface area contributed by atoms with Crippen molar-refractivity contribution in [3.63, 3.8) is 0 Å². The molecule has 8 nitrogen and oxygen atoms in total. The predicted octanol–water partition coefficient (Wildman–Crippen LogP) is 6.56. The number of unbranched alkanes of at least 4 members (excludes halogenated alkanes) is 14. The Kier molecular flexibility index (Phi) is 22.0. The third-order valence-corrected chi connectivity index (χ3v) is 7.66. The Balaban J connectivity index is 3.81. The van der Waals surface area contributed by atoms with Gasteiger partial charge in [0.2, 0.25) is 5.91 Å². The molecule has 0 spiro atoms. The van der Waals surface area contributed by atoms with Crippen LogP contribution in [0.15, 0.2) is 0 Å². The van der Waals surface area contributed by atoms with E-state index >= 15 is 0 Å². The molecule has 0 saturated carbocycles. The number of methoxy groups -OCH3 is 1. The SMILES string of the molecule is CCCCCCCCCCCCCCCCCC(=O)N(C)CC(COP(=O)(O)OCC[N+](C)(C)C)OC. The third-order valence-electron chi connectivity index (χ3n) is 6.67. The van der Waals surface area contributed by atoms with Crippen LogP contribution in [0.3, 0.4) is 0 Å². The molecule has 0 aliphatic heterocycles. The lowest BCUT2D eigenvalue weighted by atomic mass is 10.0. The largest absolute Gasteiger partial charge is 0.472 e. The Morgan fingerprint density at radius 2 is 1.30 bits per heavy atom. The molecule has 2 atom stereocenters. The van der Waals surface area contributed by atoms with Crippen LogP contribution in [-0.4, -0.2) is 87.9 Å². The highest BCUT2D eigenvalue weighted by atomic mass is 31.2.